The van der Waals surface area contributed by atoms with Crippen LogP contribution in [0.25, 0.3) is 0 Å². The van der Waals surface area contributed by atoms with Crippen molar-refractivity contribution in [1.82, 2.24) is 10.2 Å². The van der Waals surface area contributed by atoms with E-state index in [1.807, 2.05) is 6.92 Å². The second-order valence-electron chi connectivity index (χ2n) is 3.41. The lowest BCUT2D eigenvalue weighted by Crippen LogP contribution is -2.00. The Balaban J connectivity index is 2.05. The van der Waals surface area contributed by atoms with Crippen LogP contribution in [0.4, 0.5) is 10.1 Å². The number of aromatic amines is 1. The number of nitrogens with one attached hydrogen (secondary N) is 2. The van der Waals surface area contributed by atoms with Crippen LogP contribution in [0.2, 0.25) is 0 Å². The first kappa shape index (κ1) is 9.71. The summed E-state index contributed by atoms with van der Waals surface area (Å²) in [5.74, 6) is -0.195. The second-order valence-corrected chi connectivity index (χ2v) is 3.41. The Morgan fingerprint density at radius 1 is 1.47 bits per heavy atom. The Morgan fingerprint density at radius 2 is 2.33 bits per heavy atom. The first-order valence-corrected chi connectivity index (χ1v) is 4.73. The highest BCUT2D eigenvalue weighted by Gasteiger charge is 2.00. The molecule has 0 saturated heterocycles. The summed E-state index contributed by atoms with van der Waals surface area (Å²) in [7, 11) is 0. The van der Waals surface area contributed by atoms with Gasteiger partial charge in [-0.15, -0.1) is 0 Å². The van der Waals surface area contributed by atoms with E-state index < -0.39 is 0 Å². The fraction of sp³-hybridized carbons (Fsp3) is 0.182. The van der Waals surface area contributed by atoms with Crippen LogP contribution in [0, 0.1) is 12.7 Å². The van der Waals surface area contributed by atoms with Gasteiger partial charge in [-0.25, -0.2) is 4.39 Å². The van der Waals surface area contributed by atoms with Crippen LogP contribution in [0.1, 0.15) is 11.1 Å². The van der Waals surface area contributed by atoms with Gasteiger partial charge in [-0.2, -0.15) is 5.10 Å². The van der Waals surface area contributed by atoms with Crippen molar-refractivity contribution in [3.63, 3.8) is 0 Å². The summed E-state index contributed by atoms with van der Waals surface area (Å²) >= 11 is 0. The van der Waals surface area contributed by atoms with E-state index >= 15 is 0 Å². The number of hydrogen-bond donors (Lipinski definition) is 2. The Kier molecular flexibility index (Phi) is 2.67. The van der Waals surface area contributed by atoms with E-state index in [-0.39, 0.29) is 5.82 Å². The van der Waals surface area contributed by atoms with Gasteiger partial charge in [0.25, 0.3) is 0 Å². The van der Waals surface area contributed by atoms with Gasteiger partial charge in [-0.1, -0.05) is 6.07 Å². The molecule has 0 aliphatic carbocycles. The van der Waals surface area contributed by atoms with Crippen molar-refractivity contribution in [2.24, 2.45) is 0 Å². The van der Waals surface area contributed by atoms with Gasteiger partial charge < -0.3 is 5.32 Å². The molecule has 0 aliphatic rings. The minimum absolute atomic E-state index is 0.195. The molecule has 0 fully saturated rings. The third-order valence-electron chi connectivity index (χ3n) is 2.29. The normalized spacial score (nSPS) is 10.3. The van der Waals surface area contributed by atoms with Crippen molar-refractivity contribution in [2.45, 2.75) is 13.5 Å². The molecule has 78 valence electrons. The Bertz CT molecular complexity index is 437. The zero-order valence-electron chi connectivity index (χ0n) is 8.42. The average Bonchev–Trinajstić information content (AvgIpc) is 2.69. The van der Waals surface area contributed by atoms with E-state index in [1.54, 1.807) is 18.5 Å². The van der Waals surface area contributed by atoms with Crippen LogP contribution < -0.4 is 5.32 Å². The number of nitrogens with zero attached hydrogens (tertiary/aromatic N) is 1. The largest absolute Gasteiger partial charge is 0.378 e. The Hall–Kier alpha value is -1.84. The van der Waals surface area contributed by atoms with Crippen molar-refractivity contribution in [3.05, 3.63) is 47.5 Å². The highest BCUT2D eigenvalue weighted by molar-refractivity contribution is 5.39. The zero-order valence-corrected chi connectivity index (χ0v) is 8.42. The molecule has 15 heavy (non-hydrogen) atoms. The predicted molar refractivity (Wildman–Crippen MR) is 57.1 cm³/mol. The first-order chi connectivity index (χ1) is 7.25. The molecule has 0 saturated carbocycles. The molecule has 0 atom stereocenters. The topological polar surface area (TPSA) is 40.7 Å². The lowest BCUT2D eigenvalue weighted by molar-refractivity contribution is 0.625. The smallest absolute Gasteiger partial charge is 0.123 e. The van der Waals surface area contributed by atoms with Gasteiger partial charge in [-0.05, 0) is 30.2 Å². The first-order valence-electron chi connectivity index (χ1n) is 4.73. The number of rotatable bonds is 3. The quantitative estimate of drug-likeness (QED) is 0.808. The number of benzene rings is 1. The van der Waals surface area contributed by atoms with Gasteiger partial charge in [0.2, 0.25) is 0 Å². The minimum atomic E-state index is -0.195. The van der Waals surface area contributed by atoms with Gasteiger partial charge in [0, 0.05) is 12.7 Å². The van der Waals surface area contributed by atoms with E-state index in [0.29, 0.717) is 6.54 Å². The number of anilines is 1. The summed E-state index contributed by atoms with van der Waals surface area (Å²) in [5, 5.41) is 9.73. The molecule has 0 aliphatic heterocycles. The molecule has 0 bridgehead atoms. The fourth-order valence-electron chi connectivity index (χ4n) is 1.40. The molecule has 4 heteroatoms. The standard InChI is InChI=1S/C11H12FN3/c1-8-4-10(12)3-2-9(8)5-13-11-6-14-15-7-11/h2-4,6-7,13H,5H2,1H3,(H,14,15). The van der Waals surface area contributed by atoms with E-state index in [0.717, 1.165) is 16.8 Å². The van der Waals surface area contributed by atoms with Crippen LogP contribution in [0.3, 0.4) is 0 Å². The van der Waals surface area contributed by atoms with Crippen LogP contribution in [0.15, 0.2) is 30.6 Å². The molecule has 2 N–H and O–H groups in total. The van der Waals surface area contributed by atoms with Crippen LogP contribution in [0.5, 0.6) is 0 Å². The molecule has 2 aromatic rings. The molecular weight excluding hydrogens is 193 g/mol. The molecule has 0 amide bonds. The van der Waals surface area contributed by atoms with Crippen LogP contribution >= 0.6 is 0 Å². The minimum Gasteiger partial charge on any atom is -0.378 e. The summed E-state index contributed by atoms with van der Waals surface area (Å²) in [6, 6.07) is 4.80. The molecule has 0 radical (unpaired) electrons. The third kappa shape index (κ3) is 2.34. The zero-order chi connectivity index (χ0) is 10.7. The highest BCUT2D eigenvalue weighted by atomic mass is 19.1. The SMILES string of the molecule is Cc1cc(F)ccc1CNc1cn[nH]c1. The van der Waals surface area contributed by atoms with E-state index in [4.69, 9.17) is 0 Å². The molecular formula is C11H12FN3. The van der Waals surface area contributed by atoms with Gasteiger partial charge in [0.1, 0.15) is 5.82 Å². The number of halogens is 1. The molecule has 0 unspecified atom stereocenters. The fourth-order valence-corrected chi connectivity index (χ4v) is 1.40. The van der Waals surface area contributed by atoms with E-state index in [2.05, 4.69) is 15.5 Å². The molecule has 0 spiro atoms. The second kappa shape index (κ2) is 4.13. The third-order valence-corrected chi connectivity index (χ3v) is 2.29. The molecule has 2 rings (SSSR count). The number of aromatic nitrogens is 2. The van der Waals surface area contributed by atoms with Gasteiger partial charge in [0.05, 0.1) is 11.9 Å². The Labute approximate surface area is 87.3 Å². The summed E-state index contributed by atoms with van der Waals surface area (Å²) in [4.78, 5) is 0. The molecule has 3 nitrogen and oxygen atoms in total. The van der Waals surface area contributed by atoms with Crippen molar-refractivity contribution in [1.29, 1.82) is 0 Å². The maximum absolute atomic E-state index is 12.8. The molecule has 1 heterocycles. The van der Waals surface area contributed by atoms with Crippen LogP contribution in [-0.4, -0.2) is 10.2 Å². The van der Waals surface area contributed by atoms with Crippen LogP contribution in [-0.2, 0) is 6.54 Å². The van der Waals surface area contributed by atoms with Crippen molar-refractivity contribution in [3.8, 4) is 0 Å². The summed E-state index contributed by atoms with van der Waals surface area (Å²) in [5.41, 5.74) is 2.96. The summed E-state index contributed by atoms with van der Waals surface area (Å²) < 4.78 is 12.8. The highest BCUT2D eigenvalue weighted by Crippen LogP contribution is 2.12. The molecule has 1 aromatic heterocycles. The lowest BCUT2D eigenvalue weighted by Gasteiger charge is -2.06. The number of H-pyrrole nitrogens is 1. The molecule has 1 aromatic carbocycles. The number of hydrogen-bond acceptors (Lipinski definition) is 2. The average molecular weight is 205 g/mol. The lowest BCUT2D eigenvalue weighted by atomic mass is 10.1. The summed E-state index contributed by atoms with van der Waals surface area (Å²) in [6.07, 6.45) is 3.48. The van der Waals surface area contributed by atoms with E-state index in [9.17, 15) is 4.39 Å². The maximum Gasteiger partial charge on any atom is 0.123 e. The predicted octanol–water partition coefficient (Wildman–Crippen LogP) is 2.47. The Morgan fingerprint density at radius 3 is 3.00 bits per heavy atom. The summed E-state index contributed by atoms with van der Waals surface area (Å²) in [6.45, 7) is 2.57. The van der Waals surface area contributed by atoms with Crippen molar-refractivity contribution >= 4 is 5.69 Å². The van der Waals surface area contributed by atoms with Gasteiger partial charge in [0.15, 0.2) is 0 Å². The van der Waals surface area contributed by atoms with Crippen molar-refractivity contribution in [2.75, 3.05) is 5.32 Å². The monoisotopic (exact) mass is 205 g/mol. The van der Waals surface area contributed by atoms with Crippen molar-refractivity contribution < 1.29 is 4.39 Å². The maximum atomic E-state index is 12.8. The van der Waals surface area contributed by atoms with Gasteiger partial charge in [-0.3, -0.25) is 5.10 Å². The number of aryl methyl sites for hydroxylation is 1. The van der Waals surface area contributed by atoms with Gasteiger partial charge >= 0.3 is 0 Å². The van der Waals surface area contributed by atoms with E-state index in [1.165, 1.54) is 12.1 Å².